The number of fused-ring (bicyclic) bond motifs is 1. The molecule has 4 heteroatoms. The minimum atomic E-state index is -0.323. The van der Waals surface area contributed by atoms with Gasteiger partial charge in [0.2, 0.25) is 0 Å². The number of carbonyl (C=O) groups excluding carboxylic acids is 1. The lowest BCUT2D eigenvalue weighted by Gasteiger charge is -2.28. The number of aromatic hydroxyl groups is 1. The summed E-state index contributed by atoms with van der Waals surface area (Å²) < 4.78 is 0. The highest BCUT2D eigenvalue weighted by molar-refractivity contribution is 6.19. The first-order chi connectivity index (χ1) is 10.2. The molecule has 0 unspecified atom stereocenters. The molecule has 3 nitrogen and oxygen atoms in total. The Balaban J connectivity index is 1.93. The van der Waals surface area contributed by atoms with Crippen LogP contribution in [0.5, 0.6) is 5.75 Å². The zero-order valence-corrected chi connectivity index (χ0v) is 12.5. The van der Waals surface area contributed by atoms with Crippen LogP contribution in [0.1, 0.15) is 36.0 Å². The summed E-state index contributed by atoms with van der Waals surface area (Å²) in [6.45, 7) is 0. The van der Waals surface area contributed by atoms with E-state index in [1.165, 1.54) is 0 Å². The summed E-state index contributed by atoms with van der Waals surface area (Å²) in [4.78, 5) is 12.5. The molecular weight excluding hydrogens is 286 g/mol. The molecule has 3 rings (SSSR count). The predicted molar refractivity (Wildman–Crippen MR) is 85.0 cm³/mol. The third-order valence-electron chi connectivity index (χ3n) is 4.34. The standard InChI is InChI=1S/C17H18ClNO2/c18-11-17(9-3-4-10-17)19-16(21)14-8-7-12-5-1-2-6-13(12)15(14)20/h1-2,5-8,20H,3-4,9-11H2,(H,19,21). The van der Waals surface area contributed by atoms with Gasteiger partial charge < -0.3 is 10.4 Å². The number of nitrogens with one attached hydrogen (secondary N) is 1. The Morgan fingerprint density at radius 3 is 2.62 bits per heavy atom. The van der Waals surface area contributed by atoms with Crippen LogP contribution in [0.4, 0.5) is 0 Å². The van der Waals surface area contributed by atoms with Crippen LogP contribution in [0.2, 0.25) is 0 Å². The first-order valence-corrected chi connectivity index (χ1v) is 7.78. The minimum absolute atomic E-state index is 0.0355. The Morgan fingerprint density at radius 1 is 1.19 bits per heavy atom. The fraction of sp³-hybridized carbons (Fsp3) is 0.353. The number of rotatable bonds is 3. The molecule has 1 aliphatic carbocycles. The number of phenolic OH excluding ortho intramolecular Hbond substituents is 1. The number of alkyl halides is 1. The molecule has 2 N–H and O–H groups in total. The Labute approximate surface area is 128 Å². The summed E-state index contributed by atoms with van der Waals surface area (Å²) in [6, 6.07) is 11.0. The van der Waals surface area contributed by atoms with Gasteiger partial charge in [-0.2, -0.15) is 0 Å². The van der Waals surface area contributed by atoms with Gasteiger partial charge in [-0.25, -0.2) is 0 Å². The maximum Gasteiger partial charge on any atom is 0.255 e. The Hall–Kier alpha value is -1.74. The topological polar surface area (TPSA) is 49.3 Å². The number of halogens is 1. The molecule has 0 radical (unpaired) electrons. The van der Waals surface area contributed by atoms with Crippen LogP contribution in [0.15, 0.2) is 36.4 Å². The van der Waals surface area contributed by atoms with E-state index in [1.54, 1.807) is 6.07 Å². The number of hydrogen-bond donors (Lipinski definition) is 2. The van der Waals surface area contributed by atoms with Crippen LogP contribution in [-0.2, 0) is 0 Å². The van der Waals surface area contributed by atoms with Gasteiger partial charge in [0.05, 0.1) is 11.1 Å². The highest BCUT2D eigenvalue weighted by atomic mass is 35.5. The van der Waals surface area contributed by atoms with E-state index in [0.717, 1.165) is 31.1 Å². The molecule has 0 aliphatic heterocycles. The van der Waals surface area contributed by atoms with Gasteiger partial charge in [-0.1, -0.05) is 43.2 Å². The van der Waals surface area contributed by atoms with Crippen molar-refractivity contribution in [2.75, 3.05) is 5.88 Å². The van der Waals surface area contributed by atoms with E-state index in [4.69, 9.17) is 11.6 Å². The van der Waals surface area contributed by atoms with Crippen molar-refractivity contribution in [3.63, 3.8) is 0 Å². The first-order valence-electron chi connectivity index (χ1n) is 7.24. The molecule has 0 heterocycles. The molecule has 1 fully saturated rings. The lowest BCUT2D eigenvalue weighted by molar-refractivity contribution is 0.0907. The fourth-order valence-corrected chi connectivity index (χ4v) is 3.42. The van der Waals surface area contributed by atoms with Crippen molar-refractivity contribution in [1.29, 1.82) is 0 Å². The second-order valence-electron chi connectivity index (χ2n) is 5.76. The van der Waals surface area contributed by atoms with Gasteiger partial charge in [-0.3, -0.25) is 4.79 Å². The van der Waals surface area contributed by atoms with E-state index in [9.17, 15) is 9.90 Å². The van der Waals surface area contributed by atoms with E-state index in [2.05, 4.69) is 5.32 Å². The second kappa shape index (κ2) is 5.57. The van der Waals surface area contributed by atoms with Gasteiger partial charge in [0.25, 0.3) is 5.91 Å². The van der Waals surface area contributed by atoms with Crippen LogP contribution in [-0.4, -0.2) is 22.4 Å². The molecule has 110 valence electrons. The van der Waals surface area contributed by atoms with E-state index in [-0.39, 0.29) is 17.2 Å². The van der Waals surface area contributed by atoms with Crippen molar-refractivity contribution in [1.82, 2.24) is 5.32 Å². The van der Waals surface area contributed by atoms with Gasteiger partial charge in [-0.15, -0.1) is 11.6 Å². The molecule has 0 atom stereocenters. The molecule has 0 saturated heterocycles. The molecule has 2 aromatic rings. The molecule has 1 amide bonds. The number of hydrogen-bond acceptors (Lipinski definition) is 2. The normalized spacial score (nSPS) is 17.0. The van der Waals surface area contributed by atoms with Gasteiger partial charge in [-0.05, 0) is 24.3 Å². The molecule has 0 aromatic heterocycles. The van der Waals surface area contributed by atoms with Crippen molar-refractivity contribution in [3.05, 3.63) is 42.0 Å². The van der Waals surface area contributed by atoms with Gasteiger partial charge in [0.15, 0.2) is 0 Å². The van der Waals surface area contributed by atoms with Crippen LogP contribution in [0.3, 0.4) is 0 Å². The van der Waals surface area contributed by atoms with Crippen LogP contribution >= 0.6 is 11.6 Å². The number of phenols is 1. The predicted octanol–water partition coefficient (Wildman–Crippen LogP) is 3.83. The van der Waals surface area contributed by atoms with Crippen LogP contribution in [0, 0.1) is 0 Å². The first kappa shape index (κ1) is 14.2. The minimum Gasteiger partial charge on any atom is -0.506 e. The second-order valence-corrected chi connectivity index (χ2v) is 6.03. The fourth-order valence-electron chi connectivity index (χ4n) is 3.09. The van der Waals surface area contributed by atoms with Gasteiger partial charge in [0.1, 0.15) is 5.75 Å². The van der Waals surface area contributed by atoms with Crippen molar-refractivity contribution < 1.29 is 9.90 Å². The van der Waals surface area contributed by atoms with Crippen molar-refractivity contribution in [3.8, 4) is 5.75 Å². The highest BCUT2D eigenvalue weighted by Gasteiger charge is 2.35. The van der Waals surface area contributed by atoms with E-state index in [1.807, 2.05) is 30.3 Å². The lowest BCUT2D eigenvalue weighted by Crippen LogP contribution is -2.47. The quantitative estimate of drug-likeness (QED) is 0.847. The number of amides is 1. The zero-order chi connectivity index (χ0) is 14.9. The summed E-state index contributed by atoms with van der Waals surface area (Å²) in [5.74, 6) is 0.196. The zero-order valence-electron chi connectivity index (χ0n) is 11.7. The molecule has 0 bridgehead atoms. The third-order valence-corrected chi connectivity index (χ3v) is 4.85. The SMILES string of the molecule is O=C(NC1(CCl)CCCC1)c1ccc2ccccc2c1O. The Bertz CT molecular complexity index is 678. The van der Waals surface area contributed by atoms with E-state index in [0.29, 0.717) is 16.8 Å². The van der Waals surface area contributed by atoms with Gasteiger partial charge in [0, 0.05) is 11.3 Å². The Kier molecular flexibility index (Phi) is 3.77. The molecule has 1 saturated carbocycles. The largest absolute Gasteiger partial charge is 0.506 e. The monoisotopic (exact) mass is 303 g/mol. The molecular formula is C17H18ClNO2. The average Bonchev–Trinajstić information content (AvgIpc) is 2.97. The number of benzene rings is 2. The van der Waals surface area contributed by atoms with Crippen molar-refractivity contribution >= 4 is 28.3 Å². The van der Waals surface area contributed by atoms with Crippen molar-refractivity contribution in [2.45, 2.75) is 31.2 Å². The van der Waals surface area contributed by atoms with E-state index < -0.39 is 0 Å². The lowest BCUT2D eigenvalue weighted by atomic mass is 9.98. The molecule has 21 heavy (non-hydrogen) atoms. The molecule has 2 aromatic carbocycles. The van der Waals surface area contributed by atoms with E-state index >= 15 is 0 Å². The maximum atomic E-state index is 12.5. The highest BCUT2D eigenvalue weighted by Crippen LogP contribution is 2.33. The molecule has 0 spiro atoms. The summed E-state index contributed by atoms with van der Waals surface area (Å²) in [6.07, 6.45) is 3.96. The third kappa shape index (κ3) is 2.58. The maximum absolute atomic E-state index is 12.5. The number of carbonyl (C=O) groups is 1. The Morgan fingerprint density at radius 2 is 1.90 bits per heavy atom. The smallest absolute Gasteiger partial charge is 0.255 e. The average molecular weight is 304 g/mol. The molecule has 1 aliphatic rings. The summed E-state index contributed by atoms with van der Waals surface area (Å²) in [5.41, 5.74) is -0.0124. The van der Waals surface area contributed by atoms with Gasteiger partial charge >= 0.3 is 0 Å². The van der Waals surface area contributed by atoms with Crippen LogP contribution < -0.4 is 5.32 Å². The summed E-state index contributed by atoms with van der Waals surface area (Å²) in [7, 11) is 0. The summed E-state index contributed by atoms with van der Waals surface area (Å²) >= 11 is 6.05. The van der Waals surface area contributed by atoms with Crippen LogP contribution in [0.25, 0.3) is 10.8 Å². The van der Waals surface area contributed by atoms with Crippen molar-refractivity contribution in [2.24, 2.45) is 0 Å². The summed E-state index contributed by atoms with van der Waals surface area (Å²) in [5, 5.41) is 15.0.